The summed E-state index contributed by atoms with van der Waals surface area (Å²) in [7, 11) is 1.53. The van der Waals surface area contributed by atoms with Crippen LogP contribution in [-0.2, 0) is 18.8 Å². The summed E-state index contributed by atoms with van der Waals surface area (Å²) >= 11 is 0. The Labute approximate surface area is 158 Å². The van der Waals surface area contributed by atoms with Crippen LogP contribution in [0.4, 0.5) is 23.2 Å². The van der Waals surface area contributed by atoms with Gasteiger partial charge in [0.05, 0.1) is 5.56 Å². The third-order valence-electron chi connectivity index (χ3n) is 4.21. The number of aromatic nitrogens is 3. The maximum Gasteiger partial charge on any atom is 0.417 e. The summed E-state index contributed by atoms with van der Waals surface area (Å²) in [6.07, 6.45) is -4.54. The van der Waals surface area contributed by atoms with Crippen LogP contribution >= 0.6 is 0 Å². The molecule has 9 heteroatoms. The summed E-state index contributed by atoms with van der Waals surface area (Å²) < 4.78 is 61.2. The van der Waals surface area contributed by atoms with Crippen LogP contribution in [0.15, 0.2) is 42.5 Å². The van der Waals surface area contributed by atoms with Crippen molar-refractivity contribution in [3.05, 3.63) is 59.7 Å². The Morgan fingerprint density at radius 1 is 1.04 bits per heavy atom. The van der Waals surface area contributed by atoms with E-state index >= 15 is 0 Å². The Balaban J connectivity index is 2.01. The topological polar surface area (TPSA) is 66.0 Å². The van der Waals surface area contributed by atoms with Gasteiger partial charge in [0.1, 0.15) is 0 Å². The largest absolute Gasteiger partial charge is 0.477 e. The van der Waals surface area contributed by atoms with Gasteiger partial charge >= 0.3 is 6.18 Å². The fourth-order valence-electron chi connectivity index (χ4n) is 2.93. The van der Waals surface area contributed by atoms with E-state index in [1.165, 1.54) is 41.9 Å². The molecule has 0 aliphatic heterocycles. The number of anilines is 1. The Morgan fingerprint density at radius 2 is 1.71 bits per heavy atom. The SMILES string of the molecule is Cn1c(-c2ccccc2C(F)(F)F)nnc1C(C)(C)Oc1ccc(N)cc1F. The van der Waals surface area contributed by atoms with Gasteiger partial charge in [-0.1, -0.05) is 18.2 Å². The first-order valence-corrected chi connectivity index (χ1v) is 8.31. The molecule has 3 rings (SSSR count). The van der Waals surface area contributed by atoms with E-state index in [0.717, 1.165) is 12.1 Å². The lowest BCUT2D eigenvalue weighted by Crippen LogP contribution is -2.29. The zero-order chi connectivity index (χ0) is 20.7. The molecule has 148 valence electrons. The van der Waals surface area contributed by atoms with Crippen molar-refractivity contribution in [3.63, 3.8) is 0 Å². The lowest BCUT2D eigenvalue weighted by Gasteiger charge is -2.26. The van der Waals surface area contributed by atoms with Gasteiger partial charge in [-0.25, -0.2) is 4.39 Å². The highest BCUT2D eigenvalue weighted by atomic mass is 19.4. The number of benzene rings is 2. The van der Waals surface area contributed by atoms with Crippen LogP contribution in [0, 0.1) is 5.82 Å². The van der Waals surface area contributed by atoms with E-state index in [9.17, 15) is 17.6 Å². The molecule has 0 spiro atoms. The third-order valence-corrected chi connectivity index (χ3v) is 4.21. The van der Waals surface area contributed by atoms with Crippen molar-refractivity contribution >= 4 is 5.69 Å². The van der Waals surface area contributed by atoms with Gasteiger partial charge in [-0.15, -0.1) is 10.2 Å². The maximum atomic E-state index is 14.1. The summed E-state index contributed by atoms with van der Waals surface area (Å²) in [6.45, 7) is 3.23. The molecule has 2 N–H and O–H groups in total. The van der Waals surface area contributed by atoms with Crippen molar-refractivity contribution in [3.8, 4) is 17.1 Å². The van der Waals surface area contributed by atoms with Crippen LogP contribution in [0.2, 0.25) is 0 Å². The van der Waals surface area contributed by atoms with Crippen LogP contribution in [0.3, 0.4) is 0 Å². The van der Waals surface area contributed by atoms with Crippen LogP contribution < -0.4 is 10.5 Å². The molecule has 0 unspecified atom stereocenters. The lowest BCUT2D eigenvalue weighted by atomic mass is 10.1. The Kier molecular flexibility index (Phi) is 4.78. The minimum absolute atomic E-state index is 0.0254. The van der Waals surface area contributed by atoms with Gasteiger partial charge in [0.2, 0.25) is 0 Å². The fourth-order valence-corrected chi connectivity index (χ4v) is 2.93. The van der Waals surface area contributed by atoms with E-state index in [4.69, 9.17) is 10.5 Å². The average molecular weight is 394 g/mol. The molecule has 1 heterocycles. The molecular formula is C19H18F4N4O. The second-order valence-corrected chi connectivity index (χ2v) is 6.75. The number of halogens is 4. The molecule has 28 heavy (non-hydrogen) atoms. The number of nitrogens with zero attached hydrogens (tertiary/aromatic N) is 3. The zero-order valence-corrected chi connectivity index (χ0v) is 15.4. The third kappa shape index (κ3) is 3.64. The first kappa shape index (κ1) is 19.7. The molecule has 0 amide bonds. The molecule has 1 aromatic heterocycles. The smallest absolute Gasteiger partial charge is 0.417 e. The van der Waals surface area contributed by atoms with Crippen molar-refractivity contribution < 1.29 is 22.3 Å². The van der Waals surface area contributed by atoms with Gasteiger partial charge in [-0.3, -0.25) is 0 Å². The minimum Gasteiger partial charge on any atom is -0.477 e. The summed E-state index contributed by atoms with van der Waals surface area (Å²) in [4.78, 5) is 0. The highest BCUT2D eigenvalue weighted by Gasteiger charge is 2.36. The molecule has 0 saturated heterocycles. The zero-order valence-electron chi connectivity index (χ0n) is 15.4. The van der Waals surface area contributed by atoms with Crippen LogP contribution in [0.1, 0.15) is 25.2 Å². The van der Waals surface area contributed by atoms with Crippen molar-refractivity contribution in [2.24, 2.45) is 7.05 Å². The van der Waals surface area contributed by atoms with Crippen LogP contribution in [0.5, 0.6) is 5.75 Å². The van der Waals surface area contributed by atoms with Crippen molar-refractivity contribution in [2.75, 3.05) is 5.73 Å². The molecule has 0 aliphatic rings. The molecule has 2 aromatic carbocycles. The second-order valence-electron chi connectivity index (χ2n) is 6.75. The number of nitrogens with two attached hydrogens (primary N) is 1. The molecule has 0 fully saturated rings. The van der Waals surface area contributed by atoms with E-state index in [0.29, 0.717) is 0 Å². The molecule has 0 atom stereocenters. The van der Waals surface area contributed by atoms with E-state index in [2.05, 4.69) is 10.2 Å². The lowest BCUT2D eigenvalue weighted by molar-refractivity contribution is -0.137. The standard InChI is InChI=1S/C19H18F4N4O/c1-18(2,28-15-9-8-11(24)10-14(15)20)17-26-25-16(27(17)3)12-6-4-5-7-13(12)19(21,22)23/h4-10H,24H2,1-3H3. The van der Waals surface area contributed by atoms with Crippen molar-refractivity contribution in [2.45, 2.75) is 25.6 Å². The minimum atomic E-state index is -4.54. The van der Waals surface area contributed by atoms with Gasteiger partial charge in [-0.05, 0) is 32.0 Å². The number of hydrogen-bond acceptors (Lipinski definition) is 4. The Morgan fingerprint density at radius 3 is 2.36 bits per heavy atom. The van der Waals surface area contributed by atoms with Gasteiger partial charge in [-0.2, -0.15) is 13.2 Å². The normalized spacial score (nSPS) is 12.2. The second kappa shape index (κ2) is 6.81. The number of hydrogen-bond donors (Lipinski definition) is 1. The Bertz CT molecular complexity index is 1010. The van der Waals surface area contributed by atoms with E-state index in [1.807, 2.05) is 0 Å². The van der Waals surface area contributed by atoms with E-state index < -0.39 is 23.2 Å². The number of ether oxygens (including phenoxy) is 1. The van der Waals surface area contributed by atoms with Crippen LogP contribution in [0.25, 0.3) is 11.4 Å². The number of rotatable bonds is 4. The van der Waals surface area contributed by atoms with Gasteiger partial charge < -0.3 is 15.0 Å². The molecule has 0 bridgehead atoms. The monoisotopic (exact) mass is 394 g/mol. The van der Waals surface area contributed by atoms with Gasteiger partial charge in [0.25, 0.3) is 0 Å². The average Bonchev–Trinajstić information content (AvgIpc) is 2.99. The summed E-state index contributed by atoms with van der Waals surface area (Å²) in [5.74, 6) is -0.453. The number of nitrogen functional groups attached to an aromatic ring is 1. The van der Waals surface area contributed by atoms with E-state index in [-0.39, 0.29) is 28.6 Å². The molecule has 0 saturated carbocycles. The summed E-state index contributed by atoms with van der Waals surface area (Å²) in [5, 5.41) is 7.93. The highest BCUT2D eigenvalue weighted by molar-refractivity contribution is 5.61. The van der Waals surface area contributed by atoms with Crippen molar-refractivity contribution in [1.82, 2.24) is 14.8 Å². The highest BCUT2D eigenvalue weighted by Crippen LogP contribution is 2.37. The van der Waals surface area contributed by atoms with Gasteiger partial charge in [0.15, 0.2) is 28.8 Å². The van der Waals surface area contributed by atoms with E-state index in [1.54, 1.807) is 13.8 Å². The van der Waals surface area contributed by atoms with Crippen molar-refractivity contribution in [1.29, 1.82) is 0 Å². The summed E-state index contributed by atoms with van der Waals surface area (Å²) in [5.41, 5.74) is 3.67. The molecule has 3 aromatic rings. The Hall–Kier alpha value is -3.10. The molecule has 0 aliphatic carbocycles. The number of alkyl halides is 3. The maximum absolute atomic E-state index is 14.1. The predicted octanol–water partition coefficient (Wildman–Crippen LogP) is 4.54. The quantitative estimate of drug-likeness (QED) is 0.521. The fraction of sp³-hybridized carbons (Fsp3) is 0.263. The van der Waals surface area contributed by atoms with Crippen LogP contribution in [-0.4, -0.2) is 14.8 Å². The molecule has 5 nitrogen and oxygen atoms in total. The predicted molar refractivity (Wildman–Crippen MR) is 95.9 cm³/mol. The summed E-state index contributed by atoms with van der Waals surface area (Å²) in [6, 6.07) is 9.08. The first-order valence-electron chi connectivity index (χ1n) is 8.31. The first-order chi connectivity index (χ1) is 13.0. The molecule has 0 radical (unpaired) electrons. The molecular weight excluding hydrogens is 376 g/mol. The van der Waals surface area contributed by atoms with Gasteiger partial charge in [0, 0.05) is 24.4 Å².